The Labute approximate surface area is 118 Å². The molecule has 6 heteroatoms. The van der Waals surface area contributed by atoms with E-state index in [1.165, 1.54) is 19.3 Å². The van der Waals surface area contributed by atoms with Crippen molar-refractivity contribution in [3.8, 4) is 11.5 Å². The molecular weight excluding hydrogens is 283 g/mol. The van der Waals surface area contributed by atoms with Gasteiger partial charge < -0.3 is 19.0 Å². The Kier molecular flexibility index (Phi) is 4.85. The van der Waals surface area contributed by atoms with Crippen LogP contribution in [0, 0.1) is 0 Å². The Hall–Kier alpha value is -0.610. The largest absolute Gasteiger partial charge is 0.497 e. The van der Waals surface area contributed by atoms with Gasteiger partial charge in [0, 0.05) is 17.4 Å². The number of methoxy groups -OCH3 is 1. The van der Waals surface area contributed by atoms with E-state index in [4.69, 9.17) is 9.26 Å². The highest BCUT2D eigenvalue weighted by atomic mass is 32.5. The maximum absolute atomic E-state index is 9.35. The van der Waals surface area contributed by atoms with Crippen molar-refractivity contribution in [1.82, 2.24) is 0 Å². The van der Waals surface area contributed by atoms with E-state index in [2.05, 4.69) is 11.8 Å². The Morgan fingerprint density at radius 3 is 2.47 bits per heavy atom. The lowest BCUT2D eigenvalue weighted by atomic mass is 9.83. The van der Waals surface area contributed by atoms with Gasteiger partial charge >= 0.3 is 6.72 Å². The Morgan fingerprint density at radius 2 is 1.89 bits per heavy atom. The normalized spacial score (nSPS) is 17.2. The molecule has 1 fully saturated rings. The zero-order valence-corrected chi connectivity index (χ0v) is 12.6. The van der Waals surface area contributed by atoms with Crippen LogP contribution in [-0.4, -0.2) is 16.9 Å². The minimum atomic E-state index is -3.70. The predicted molar refractivity (Wildman–Crippen MR) is 78.2 cm³/mol. The van der Waals surface area contributed by atoms with Crippen molar-refractivity contribution in [2.24, 2.45) is 0 Å². The Morgan fingerprint density at radius 1 is 1.21 bits per heavy atom. The first-order valence-corrected chi connectivity index (χ1v) is 9.05. The van der Waals surface area contributed by atoms with Crippen LogP contribution in [0.5, 0.6) is 11.5 Å². The minimum Gasteiger partial charge on any atom is -0.497 e. The number of ether oxygens (including phenoxy) is 1. The summed E-state index contributed by atoms with van der Waals surface area (Å²) < 4.78 is 10.4. The quantitative estimate of drug-likeness (QED) is 0.835. The molecule has 0 radical (unpaired) electrons. The molecule has 4 nitrogen and oxygen atoms in total. The molecule has 0 spiro atoms. The van der Waals surface area contributed by atoms with E-state index in [0.29, 0.717) is 11.7 Å². The monoisotopic (exact) mass is 302 g/mol. The zero-order valence-electron chi connectivity index (χ0n) is 10.9. The van der Waals surface area contributed by atoms with Gasteiger partial charge in [-0.3, -0.25) is 0 Å². The van der Waals surface area contributed by atoms with E-state index in [1.54, 1.807) is 19.2 Å². The molecule has 2 N–H and O–H groups in total. The molecule has 2 rings (SSSR count). The van der Waals surface area contributed by atoms with Gasteiger partial charge in [0.05, 0.1) is 7.11 Å². The number of benzene rings is 1. The van der Waals surface area contributed by atoms with Crippen molar-refractivity contribution < 1.29 is 19.0 Å². The van der Waals surface area contributed by atoms with Crippen molar-refractivity contribution in [3.63, 3.8) is 0 Å². The molecule has 0 aromatic heterocycles. The molecule has 0 amide bonds. The topological polar surface area (TPSA) is 58.9 Å². The van der Waals surface area contributed by atoms with Gasteiger partial charge in [-0.05, 0) is 37.0 Å². The predicted octanol–water partition coefficient (Wildman–Crippen LogP) is 3.33. The summed E-state index contributed by atoms with van der Waals surface area (Å²) in [5.74, 6) is 1.60. The summed E-state index contributed by atoms with van der Waals surface area (Å²) in [6, 6.07) is 5.36. The van der Waals surface area contributed by atoms with Gasteiger partial charge in [0.2, 0.25) is 0 Å². The average Bonchev–Trinajstić information content (AvgIpc) is 2.38. The SMILES string of the molecule is COc1ccc(OP(O)(O)=S)c(C2CCCCC2)c1. The van der Waals surface area contributed by atoms with Gasteiger partial charge in [-0.25, -0.2) is 0 Å². The molecule has 0 unspecified atom stereocenters. The van der Waals surface area contributed by atoms with Crippen molar-refractivity contribution in [2.75, 3.05) is 7.11 Å². The molecule has 1 aliphatic carbocycles. The molecular formula is C13H19O4PS. The van der Waals surface area contributed by atoms with Crippen LogP contribution in [-0.2, 0) is 11.8 Å². The van der Waals surface area contributed by atoms with Crippen molar-refractivity contribution in [2.45, 2.75) is 38.0 Å². The third-order valence-electron chi connectivity index (χ3n) is 3.48. The van der Waals surface area contributed by atoms with E-state index in [1.807, 2.05) is 6.07 Å². The van der Waals surface area contributed by atoms with Gasteiger partial charge in [0.1, 0.15) is 11.5 Å². The van der Waals surface area contributed by atoms with Gasteiger partial charge in [0.25, 0.3) is 0 Å². The van der Waals surface area contributed by atoms with E-state index in [9.17, 15) is 9.79 Å². The van der Waals surface area contributed by atoms with E-state index in [0.717, 1.165) is 24.2 Å². The maximum atomic E-state index is 9.35. The third kappa shape index (κ3) is 4.18. The number of hydrogen-bond donors (Lipinski definition) is 2. The third-order valence-corrected chi connectivity index (χ3v) is 4.14. The Bertz CT molecular complexity index is 480. The van der Waals surface area contributed by atoms with Crippen LogP contribution in [0.25, 0.3) is 0 Å². The van der Waals surface area contributed by atoms with Gasteiger partial charge in [-0.15, -0.1) is 0 Å². The summed E-state index contributed by atoms with van der Waals surface area (Å²) in [7, 11) is 1.61. The van der Waals surface area contributed by atoms with Gasteiger partial charge in [-0.2, -0.15) is 0 Å². The zero-order chi connectivity index (χ0) is 13.9. The highest BCUT2D eigenvalue weighted by molar-refractivity contribution is 8.06. The fraction of sp³-hybridized carbons (Fsp3) is 0.538. The fourth-order valence-electron chi connectivity index (χ4n) is 2.60. The highest BCUT2D eigenvalue weighted by Crippen LogP contribution is 2.45. The molecule has 0 atom stereocenters. The molecule has 1 aromatic rings. The lowest BCUT2D eigenvalue weighted by molar-refractivity contribution is 0.361. The molecule has 19 heavy (non-hydrogen) atoms. The first kappa shape index (κ1) is 14.8. The summed E-state index contributed by atoms with van der Waals surface area (Å²) in [6.45, 7) is -3.70. The van der Waals surface area contributed by atoms with Crippen LogP contribution in [0.3, 0.4) is 0 Å². The first-order chi connectivity index (χ1) is 8.99. The second-order valence-corrected chi connectivity index (χ2v) is 7.41. The van der Waals surface area contributed by atoms with E-state index in [-0.39, 0.29) is 0 Å². The second kappa shape index (κ2) is 6.23. The first-order valence-electron chi connectivity index (χ1n) is 6.42. The number of rotatable bonds is 4. The van der Waals surface area contributed by atoms with Gasteiger partial charge in [0.15, 0.2) is 0 Å². The lowest BCUT2D eigenvalue weighted by Gasteiger charge is -2.25. The summed E-state index contributed by atoms with van der Waals surface area (Å²) >= 11 is 4.56. The van der Waals surface area contributed by atoms with Crippen LogP contribution >= 0.6 is 6.72 Å². The molecule has 0 bridgehead atoms. The van der Waals surface area contributed by atoms with Crippen LogP contribution in [0.4, 0.5) is 0 Å². The van der Waals surface area contributed by atoms with Crippen molar-refractivity contribution in [1.29, 1.82) is 0 Å². The summed E-state index contributed by atoms with van der Waals surface area (Å²) in [5, 5.41) is 0. The molecule has 106 valence electrons. The molecule has 1 aliphatic rings. The standard InChI is InChI=1S/C13H19O4PS/c1-16-11-7-8-13(17-18(14,15)19)12(9-11)10-5-3-2-4-6-10/h7-10H,2-6H2,1H3,(H2,14,15,19). The second-order valence-electron chi connectivity index (χ2n) is 4.82. The molecule has 1 saturated carbocycles. The van der Waals surface area contributed by atoms with E-state index < -0.39 is 6.72 Å². The molecule has 0 aliphatic heterocycles. The summed E-state index contributed by atoms with van der Waals surface area (Å²) in [6.07, 6.45) is 5.81. The molecule has 1 aromatic carbocycles. The van der Waals surface area contributed by atoms with Crippen LogP contribution in [0.1, 0.15) is 43.6 Å². The highest BCUT2D eigenvalue weighted by Gasteiger charge is 2.22. The molecule has 0 saturated heterocycles. The maximum Gasteiger partial charge on any atom is 0.375 e. The van der Waals surface area contributed by atoms with Crippen LogP contribution in [0.15, 0.2) is 18.2 Å². The van der Waals surface area contributed by atoms with Crippen LogP contribution < -0.4 is 9.26 Å². The fourth-order valence-corrected chi connectivity index (χ4v) is 3.26. The summed E-state index contributed by atoms with van der Waals surface area (Å²) in [4.78, 5) is 18.7. The minimum absolute atomic E-state index is 0.375. The van der Waals surface area contributed by atoms with Gasteiger partial charge in [-0.1, -0.05) is 19.3 Å². The lowest BCUT2D eigenvalue weighted by Crippen LogP contribution is -2.07. The van der Waals surface area contributed by atoms with Crippen molar-refractivity contribution >= 4 is 18.5 Å². The van der Waals surface area contributed by atoms with Crippen molar-refractivity contribution in [3.05, 3.63) is 23.8 Å². The molecule has 0 heterocycles. The van der Waals surface area contributed by atoms with Crippen LogP contribution in [0.2, 0.25) is 0 Å². The average molecular weight is 302 g/mol. The number of hydrogen-bond acceptors (Lipinski definition) is 3. The smallest absolute Gasteiger partial charge is 0.375 e. The Balaban J connectivity index is 2.32. The summed E-state index contributed by atoms with van der Waals surface area (Å²) in [5.41, 5.74) is 0.969. The van der Waals surface area contributed by atoms with E-state index >= 15 is 0 Å².